The van der Waals surface area contributed by atoms with E-state index in [9.17, 15) is 4.79 Å². The van der Waals surface area contributed by atoms with E-state index in [2.05, 4.69) is 75.1 Å². The van der Waals surface area contributed by atoms with E-state index < -0.39 is 5.97 Å². The number of nitrogens with two attached hydrogens (primary N) is 1. The van der Waals surface area contributed by atoms with E-state index in [-0.39, 0.29) is 6.42 Å². The van der Waals surface area contributed by atoms with Gasteiger partial charge in [-0.25, -0.2) is 0 Å². The van der Waals surface area contributed by atoms with Crippen molar-refractivity contribution in [2.24, 2.45) is 0 Å². The molecule has 0 aliphatic carbocycles. The van der Waals surface area contributed by atoms with Crippen molar-refractivity contribution in [3.8, 4) is 44.8 Å². The molecule has 0 fully saturated rings. The molecule has 8 nitrogen and oxygen atoms in total. The van der Waals surface area contributed by atoms with Gasteiger partial charge in [0.05, 0.1) is 17.0 Å². The lowest BCUT2D eigenvalue weighted by atomic mass is 9.94. The summed E-state index contributed by atoms with van der Waals surface area (Å²) in [4.78, 5) is 10.9. The number of aliphatic carboxylic acids is 1. The van der Waals surface area contributed by atoms with Gasteiger partial charge in [-0.15, -0.1) is 20.4 Å². The van der Waals surface area contributed by atoms with Gasteiger partial charge in [-0.1, -0.05) is 151 Å². The lowest BCUT2D eigenvalue weighted by Gasteiger charge is -2.15. The van der Waals surface area contributed by atoms with Crippen LogP contribution >= 0.6 is 11.6 Å². The monoisotopic (exact) mass is 790 g/mol. The number of hydrogen-bond acceptors (Lipinski definition) is 7. The number of carboxylic acids is 1. The Bertz CT molecular complexity index is 2920. The number of aromatic nitrogens is 4. The van der Waals surface area contributed by atoms with Crippen LogP contribution in [0.4, 0.5) is 11.4 Å². The van der Waals surface area contributed by atoms with Crippen LogP contribution < -0.4 is 11.1 Å². The molecular weight excluding hydrogens is 752 g/mol. The van der Waals surface area contributed by atoms with Crippen LogP contribution in [0, 0.1) is 6.92 Å². The van der Waals surface area contributed by atoms with Crippen molar-refractivity contribution >= 4 is 50.8 Å². The molecule has 59 heavy (non-hydrogen) atoms. The lowest BCUT2D eigenvalue weighted by Crippen LogP contribution is -2.02. The van der Waals surface area contributed by atoms with E-state index in [1.54, 1.807) is 0 Å². The molecule has 0 aliphatic rings. The van der Waals surface area contributed by atoms with Crippen molar-refractivity contribution in [1.82, 2.24) is 20.4 Å². The first-order valence-corrected chi connectivity index (χ1v) is 19.5. The SMILES string of the molecule is Cc1cccc2c(-c3cccc(NCc4ccc(CC(=O)O)cc4)c3)c(-c3ccccc3)nnc12.Nc1cccc(-c2c(-c3ccccc3)nnc3c(Cl)cccc23)c1. The minimum Gasteiger partial charge on any atom is -0.481 e. The molecule has 0 bridgehead atoms. The molecule has 288 valence electrons. The molecule has 9 heteroatoms. The molecular formula is C50H39ClN6O2. The number of nitrogens with zero attached hydrogens (tertiary/aromatic N) is 4. The summed E-state index contributed by atoms with van der Waals surface area (Å²) in [6, 6.07) is 55.9. The van der Waals surface area contributed by atoms with Gasteiger partial charge in [0.25, 0.3) is 0 Å². The van der Waals surface area contributed by atoms with Crippen molar-refractivity contribution in [2.45, 2.75) is 19.9 Å². The zero-order valence-electron chi connectivity index (χ0n) is 32.2. The number of rotatable bonds is 9. The summed E-state index contributed by atoms with van der Waals surface area (Å²) in [6.45, 7) is 2.69. The molecule has 9 rings (SSSR count). The van der Waals surface area contributed by atoms with E-state index in [1.165, 1.54) is 0 Å². The maximum Gasteiger partial charge on any atom is 0.307 e. The molecule has 4 N–H and O–H groups in total. The van der Waals surface area contributed by atoms with E-state index in [1.807, 2.05) is 127 Å². The molecule has 9 aromatic rings. The summed E-state index contributed by atoms with van der Waals surface area (Å²) in [5.74, 6) is -0.823. The first kappa shape index (κ1) is 38.5. The molecule has 0 aliphatic heterocycles. The summed E-state index contributed by atoms with van der Waals surface area (Å²) >= 11 is 6.32. The van der Waals surface area contributed by atoms with Crippen molar-refractivity contribution in [3.05, 3.63) is 192 Å². The van der Waals surface area contributed by atoms with Gasteiger partial charge >= 0.3 is 5.97 Å². The quantitative estimate of drug-likeness (QED) is 0.123. The van der Waals surface area contributed by atoms with Crippen LogP contribution in [0.2, 0.25) is 5.02 Å². The van der Waals surface area contributed by atoms with Gasteiger partial charge in [-0.05, 0) is 65.1 Å². The standard InChI is InChI=1S/C30H25N3O2.C20H14ClN3/c1-20-7-5-12-26-28(30(33-32-29(20)26)23-8-3-2-4-9-23)24-10-6-11-25(18-24)31-19-22-15-13-21(14-16-22)17-27(34)35;21-17-11-5-10-16-18(14-8-4-9-15(22)12-14)19(23-24-20(16)17)13-6-2-1-3-7-13/h2-16,18,31H,17,19H2,1H3,(H,34,35);1-12H,22H2. The maximum absolute atomic E-state index is 10.9. The number of fused-ring (bicyclic) bond motifs is 2. The van der Waals surface area contributed by atoms with Gasteiger partial charge in [0.1, 0.15) is 16.9 Å². The maximum atomic E-state index is 10.9. The third-order valence-corrected chi connectivity index (χ3v) is 10.3. The predicted molar refractivity (Wildman–Crippen MR) is 240 cm³/mol. The zero-order chi connectivity index (χ0) is 40.7. The second kappa shape index (κ2) is 17.4. The van der Waals surface area contributed by atoms with Gasteiger partial charge in [-0.2, -0.15) is 0 Å². The van der Waals surface area contributed by atoms with Crippen LogP contribution in [0.15, 0.2) is 170 Å². The van der Waals surface area contributed by atoms with Crippen molar-refractivity contribution in [3.63, 3.8) is 0 Å². The van der Waals surface area contributed by atoms with E-state index in [0.29, 0.717) is 22.8 Å². The van der Waals surface area contributed by atoms with Gasteiger partial charge in [0.15, 0.2) is 0 Å². The minimum absolute atomic E-state index is 0.0346. The average Bonchev–Trinajstić information content (AvgIpc) is 3.26. The van der Waals surface area contributed by atoms with Crippen LogP contribution in [-0.4, -0.2) is 31.5 Å². The molecule has 0 saturated heterocycles. The van der Waals surface area contributed by atoms with Crippen molar-refractivity contribution in [2.75, 3.05) is 11.1 Å². The number of benzene rings is 7. The molecule has 0 amide bonds. The highest BCUT2D eigenvalue weighted by Crippen LogP contribution is 2.39. The van der Waals surface area contributed by atoms with E-state index >= 15 is 0 Å². The van der Waals surface area contributed by atoms with Crippen LogP contribution in [0.3, 0.4) is 0 Å². The second-order valence-electron chi connectivity index (χ2n) is 14.1. The molecule has 0 spiro atoms. The molecule has 0 saturated carbocycles. The summed E-state index contributed by atoms with van der Waals surface area (Å²) in [5.41, 5.74) is 20.1. The summed E-state index contributed by atoms with van der Waals surface area (Å²) in [7, 11) is 0. The Kier molecular flexibility index (Phi) is 11.3. The minimum atomic E-state index is -0.823. The molecule has 7 aromatic carbocycles. The number of halogens is 1. The third-order valence-electron chi connectivity index (χ3n) is 10.0. The largest absolute Gasteiger partial charge is 0.481 e. The smallest absolute Gasteiger partial charge is 0.307 e. The second-order valence-corrected chi connectivity index (χ2v) is 14.5. The first-order valence-electron chi connectivity index (χ1n) is 19.1. The fourth-order valence-electron chi connectivity index (χ4n) is 7.18. The Morgan fingerprint density at radius 3 is 1.73 bits per heavy atom. The van der Waals surface area contributed by atoms with Crippen LogP contribution in [0.1, 0.15) is 16.7 Å². The summed E-state index contributed by atoms with van der Waals surface area (Å²) in [5, 5.41) is 33.1. The normalized spacial score (nSPS) is 10.9. The summed E-state index contributed by atoms with van der Waals surface area (Å²) in [6.07, 6.45) is 0.0346. The van der Waals surface area contributed by atoms with E-state index in [4.69, 9.17) is 22.4 Å². The van der Waals surface area contributed by atoms with Gasteiger partial charge < -0.3 is 16.2 Å². The highest BCUT2D eigenvalue weighted by molar-refractivity contribution is 6.35. The van der Waals surface area contributed by atoms with Crippen LogP contribution in [0.5, 0.6) is 0 Å². The molecule has 0 unspecified atom stereocenters. The Balaban J connectivity index is 0.000000176. The van der Waals surface area contributed by atoms with Gasteiger partial charge in [0.2, 0.25) is 0 Å². The third kappa shape index (κ3) is 8.63. The Morgan fingerprint density at radius 2 is 1.10 bits per heavy atom. The Labute approximate surface area is 347 Å². The van der Waals surface area contributed by atoms with Gasteiger partial charge in [0, 0.05) is 50.9 Å². The topological polar surface area (TPSA) is 127 Å². The number of hydrogen-bond donors (Lipinski definition) is 3. The van der Waals surface area contributed by atoms with Gasteiger partial charge in [-0.3, -0.25) is 4.79 Å². The van der Waals surface area contributed by atoms with Crippen molar-refractivity contribution in [1.29, 1.82) is 0 Å². The average molecular weight is 791 g/mol. The molecule has 0 radical (unpaired) electrons. The summed E-state index contributed by atoms with van der Waals surface area (Å²) < 4.78 is 0. The van der Waals surface area contributed by atoms with Crippen LogP contribution in [-0.2, 0) is 17.8 Å². The predicted octanol–water partition coefficient (Wildman–Crippen LogP) is 11.7. The Hall–Kier alpha value is -7.42. The first-order chi connectivity index (χ1) is 28.8. The number of aryl methyl sites for hydroxylation is 1. The zero-order valence-corrected chi connectivity index (χ0v) is 32.9. The molecule has 2 aromatic heterocycles. The van der Waals surface area contributed by atoms with Crippen LogP contribution in [0.25, 0.3) is 66.6 Å². The molecule has 2 heterocycles. The van der Waals surface area contributed by atoms with Crippen molar-refractivity contribution < 1.29 is 9.90 Å². The number of nitrogens with one attached hydrogen (secondary N) is 1. The molecule has 0 atom stereocenters. The number of carboxylic acid groups (broad SMARTS) is 1. The highest BCUT2D eigenvalue weighted by Gasteiger charge is 2.18. The highest BCUT2D eigenvalue weighted by atomic mass is 35.5. The fraction of sp³-hybridized carbons (Fsp3) is 0.0600. The number of anilines is 2. The number of carbonyl (C=O) groups is 1. The Morgan fingerprint density at radius 1 is 0.576 bits per heavy atom. The number of nitrogen functional groups attached to an aromatic ring is 1. The van der Waals surface area contributed by atoms with E-state index in [0.717, 1.165) is 83.4 Å². The fourth-order valence-corrected chi connectivity index (χ4v) is 7.39. The lowest BCUT2D eigenvalue weighted by molar-refractivity contribution is -0.136.